The molecule has 4 nitrogen and oxygen atoms in total. The number of hydrogen-bond acceptors (Lipinski definition) is 3. The van der Waals surface area contributed by atoms with E-state index in [1.807, 2.05) is 36.2 Å². The zero-order chi connectivity index (χ0) is 14.5. The van der Waals surface area contributed by atoms with Gasteiger partial charge in [-0.2, -0.15) is 0 Å². The van der Waals surface area contributed by atoms with Gasteiger partial charge in [-0.05, 0) is 50.5 Å². The molecule has 0 radical (unpaired) electrons. The second-order valence-corrected chi connectivity index (χ2v) is 5.90. The van der Waals surface area contributed by atoms with Crippen molar-refractivity contribution in [1.82, 2.24) is 9.80 Å². The molecule has 1 aliphatic heterocycles. The lowest BCUT2D eigenvalue weighted by Crippen LogP contribution is -2.38. The third-order valence-corrected chi connectivity index (χ3v) is 4.19. The number of likely N-dealkylation sites (N-methyl/N-ethyl adjacent to an activating group) is 1. The van der Waals surface area contributed by atoms with Crippen molar-refractivity contribution in [2.75, 3.05) is 39.5 Å². The molecule has 0 unspecified atom stereocenters. The number of para-hydroxylation sites is 1. The number of nitrogen functional groups attached to an aromatic ring is 1. The average Bonchev–Trinajstić information content (AvgIpc) is 2.44. The highest BCUT2D eigenvalue weighted by Gasteiger charge is 2.20. The summed E-state index contributed by atoms with van der Waals surface area (Å²) in [6, 6.07) is 7.59. The minimum absolute atomic E-state index is 0.154. The molecule has 2 N–H and O–H groups in total. The van der Waals surface area contributed by atoms with Crippen molar-refractivity contribution < 1.29 is 4.79 Å². The highest BCUT2D eigenvalue weighted by atomic mass is 16.2. The maximum absolute atomic E-state index is 12.3. The molecule has 0 atom stereocenters. The van der Waals surface area contributed by atoms with Gasteiger partial charge < -0.3 is 15.5 Å². The van der Waals surface area contributed by atoms with Crippen molar-refractivity contribution in [1.29, 1.82) is 0 Å². The third-order valence-electron chi connectivity index (χ3n) is 4.19. The molecule has 0 aliphatic carbocycles. The van der Waals surface area contributed by atoms with Crippen LogP contribution in [0.3, 0.4) is 0 Å². The van der Waals surface area contributed by atoms with Crippen molar-refractivity contribution in [2.45, 2.75) is 19.3 Å². The van der Waals surface area contributed by atoms with Gasteiger partial charge >= 0.3 is 0 Å². The molecular weight excluding hydrogens is 250 g/mol. The SMILES string of the molecule is CN1CCC(CN(C)C(=O)Cc2ccccc2N)CC1. The molecule has 4 heteroatoms. The van der Waals surface area contributed by atoms with Crippen LogP contribution in [0.1, 0.15) is 18.4 Å². The minimum Gasteiger partial charge on any atom is -0.398 e. The Morgan fingerprint density at radius 3 is 2.65 bits per heavy atom. The van der Waals surface area contributed by atoms with E-state index >= 15 is 0 Å². The number of hydrogen-bond donors (Lipinski definition) is 1. The van der Waals surface area contributed by atoms with E-state index in [9.17, 15) is 4.79 Å². The van der Waals surface area contributed by atoms with E-state index < -0.39 is 0 Å². The molecule has 1 fully saturated rings. The molecule has 0 saturated carbocycles. The number of nitrogens with zero attached hydrogens (tertiary/aromatic N) is 2. The van der Waals surface area contributed by atoms with Gasteiger partial charge in [0.15, 0.2) is 0 Å². The molecule has 1 saturated heterocycles. The largest absolute Gasteiger partial charge is 0.398 e. The molecule has 0 spiro atoms. The Kier molecular flexibility index (Phi) is 5.01. The number of nitrogens with two attached hydrogens (primary N) is 1. The van der Waals surface area contributed by atoms with Gasteiger partial charge in [-0.15, -0.1) is 0 Å². The lowest BCUT2D eigenvalue weighted by atomic mass is 9.96. The summed E-state index contributed by atoms with van der Waals surface area (Å²) >= 11 is 0. The fourth-order valence-electron chi connectivity index (χ4n) is 2.73. The summed E-state index contributed by atoms with van der Waals surface area (Å²) in [5.41, 5.74) is 7.52. The molecule has 1 aliphatic rings. The first kappa shape index (κ1) is 14.9. The quantitative estimate of drug-likeness (QED) is 0.849. The van der Waals surface area contributed by atoms with Crippen LogP contribution in [-0.2, 0) is 11.2 Å². The molecule has 0 bridgehead atoms. The molecule has 1 aromatic carbocycles. The second kappa shape index (κ2) is 6.75. The number of benzene rings is 1. The average molecular weight is 275 g/mol. The number of rotatable bonds is 4. The van der Waals surface area contributed by atoms with Gasteiger partial charge in [0.05, 0.1) is 6.42 Å². The van der Waals surface area contributed by atoms with Crippen LogP contribution in [0.5, 0.6) is 0 Å². The fraction of sp³-hybridized carbons (Fsp3) is 0.562. The van der Waals surface area contributed by atoms with Crippen LogP contribution in [0.25, 0.3) is 0 Å². The summed E-state index contributed by atoms with van der Waals surface area (Å²) in [5, 5.41) is 0. The van der Waals surface area contributed by atoms with Gasteiger partial charge in [0.1, 0.15) is 0 Å². The van der Waals surface area contributed by atoms with Gasteiger partial charge in [-0.25, -0.2) is 0 Å². The molecule has 1 amide bonds. The normalized spacial score (nSPS) is 17.1. The highest BCUT2D eigenvalue weighted by Crippen LogP contribution is 2.18. The predicted molar refractivity (Wildman–Crippen MR) is 82.4 cm³/mol. The van der Waals surface area contributed by atoms with Crippen molar-refractivity contribution in [2.24, 2.45) is 5.92 Å². The van der Waals surface area contributed by atoms with Gasteiger partial charge in [-0.1, -0.05) is 18.2 Å². The molecule has 2 rings (SSSR count). The van der Waals surface area contributed by atoms with E-state index in [0.29, 0.717) is 18.0 Å². The van der Waals surface area contributed by atoms with Crippen LogP contribution < -0.4 is 5.73 Å². The third kappa shape index (κ3) is 3.97. The van der Waals surface area contributed by atoms with E-state index in [4.69, 9.17) is 5.73 Å². The Hall–Kier alpha value is -1.55. The Balaban J connectivity index is 1.84. The van der Waals surface area contributed by atoms with Crippen molar-refractivity contribution in [3.05, 3.63) is 29.8 Å². The Bertz CT molecular complexity index is 453. The summed E-state index contributed by atoms with van der Waals surface area (Å²) in [6.45, 7) is 3.13. The molecule has 20 heavy (non-hydrogen) atoms. The lowest BCUT2D eigenvalue weighted by molar-refractivity contribution is -0.129. The topological polar surface area (TPSA) is 49.6 Å². The maximum Gasteiger partial charge on any atom is 0.226 e. The van der Waals surface area contributed by atoms with Crippen LogP contribution >= 0.6 is 0 Å². The van der Waals surface area contributed by atoms with Crippen LogP contribution in [0.2, 0.25) is 0 Å². The van der Waals surface area contributed by atoms with Crippen LogP contribution in [-0.4, -0.2) is 49.4 Å². The van der Waals surface area contributed by atoms with E-state index in [0.717, 1.165) is 25.2 Å². The fourth-order valence-corrected chi connectivity index (χ4v) is 2.73. The number of carbonyl (C=O) groups excluding carboxylic acids is 1. The summed E-state index contributed by atoms with van der Waals surface area (Å²) in [4.78, 5) is 16.5. The summed E-state index contributed by atoms with van der Waals surface area (Å²) in [7, 11) is 4.06. The number of anilines is 1. The molecule has 0 aromatic heterocycles. The number of piperidine rings is 1. The summed E-state index contributed by atoms with van der Waals surface area (Å²) in [5.74, 6) is 0.787. The molecule has 110 valence electrons. The second-order valence-electron chi connectivity index (χ2n) is 5.90. The molecule has 1 aromatic rings. The van der Waals surface area contributed by atoms with Crippen molar-refractivity contribution in [3.63, 3.8) is 0 Å². The first-order chi connectivity index (χ1) is 9.56. The summed E-state index contributed by atoms with van der Waals surface area (Å²) < 4.78 is 0. The maximum atomic E-state index is 12.3. The van der Waals surface area contributed by atoms with Gasteiger partial charge in [0, 0.05) is 19.3 Å². The van der Waals surface area contributed by atoms with Gasteiger partial charge in [0.2, 0.25) is 5.91 Å². The smallest absolute Gasteiger partial charge is 0.226 e. The van der Waals surface area contributed by atoms with E-state index in [2.05, 4.69) is 11.9 Å². The van der Waals surface area contributed by atoms with E-state index in [1.165, 1.54) is 12.8 Å². The number of amides is 1. The lowest BCUT2D eigenvalue weighted by Gasteiger charge is -2.31. The number of likely N-dealkylation sites (tertiary alicyclic amines) is 1. The zero-order valence-corrected chi connectivity index (χ0v) is 12.5. The van der Waals surface area contributed by atoms with E-state index in [-0.39, 0.29) is 5.91 Å². The first-order valence-corrected chi connectivity index (χ1v) is 7.32. The van der Waals surface area contributed by atoms with Crippen molar-refractivity contribution in [3.8, 4) is 0 Å². The van der Waals surface area contributed by atoms with E-state index in [1.54, 1.807) is 0 Å². The highest BCUT2D eigenvalue weighted by molar-refractivity contribution is 5.80. The van der Waals surface area contributed by atoms with Crippen LogP contribution in [0.15, 0.2) is 24.3 Å². The van der Waals surface area contributed by atoms with Crippen molar-refractivity contribution >= 4 is 11.6 Å². The van der Waals surface area contributed by atoms with Gasteiger partial charge in [-0.3, -0.25) is 4.79 Å². The minimum atomic E-state index is 0.154. The Morgan fingerprint density at radius 2 is 2.00 bits per heavy atom. The number of carbonyl (C=O) groups is 1. The van der Waals surface area contributed by atoms with Crippen LogP contribution in [0.4, 0.5) is 5.69 Å². The first-order valence-electron chi connectivity index (χ1n) is 7.32. The Labute approximate surface area is 121 Å². The predicted octanol–water partition coefficient (Wildman–Crippen LogP) is 1.61. The van der Waals surface area contributed by atoms with Gasteiger partial charge in [0.25, 0.3) is 0 Å². The Morgan fingerprint density at radius 1 is 1.35 bits per heavy atom. The monoisotopic (exact) mass is 275 g/mol. The zero-order valence-electron chi connectivity index (χ0n) is 12.5. The van der Waals surface area contributed by atoms with Crippen LogP contribution in [0, 0.1) is 5.92 Å². The molecule has 1 heterocycles. The summed E-state index contributed by atoms with van der Waals surface area (Å²) in [6.07, 6.45) is 2.76. The molecular formula is C16H25N3O. The standard InChI is InChI=1S/C16H25N3O/c1-18-9-7-13(8-10-18)12-19(2)16(20)11-14-5-3-4-6-15(14)17/h3-6,13H,7-12,17H2,1-2H3.